The number of nitrogens with one attached hydrogen (secondary N) is 2. The summed E-state index contributed by atoms with van der Waals surface area (Å²) in [6, 6.07) is 16.0. The van der Waals surface area contributed by atoms with Crippen LogP contribution < -0.4 is 4.87 Å². The molecule has 2 heterocycles. The van der Waals surface area contributed by atoms with Crippen molar-refractivity contribution in [2.24, 2.45) is 0 Å². The summed E-state index contributed by atoms with van der Waals surface area (Å²) in [5.41, 5.74) is 6.17. The predicted molar refractivity (Wildman–Crippen MR) is 132 cm³/mol. The summed E-state index contributed by atoms with van der Waals surface area (Å²) in [6.45, 7) is 2.13. The Morgan fingerprint density at radius 3 is 2.45 bits per heavy atom. The van der Waals surface area contributed by atoms with Gasteiger partial charge in [-0.1, -0.05) is 61.9 Å². The molecule has 166 valence electrons. The monoisotopic (exact) mass is 472 g/mol. The molecule has 2 aromatic heterocycles. The summed E-state index contributed by atoms with van der Waals surface area (Å²) in [4.78, 5) is 27.5. The van der Waals surface area contributed by atoms with Gasteiger partial charge in [0.05, 0.1) is 12.8 Å². The van der Waals surface area contributed by atoms with Crippen LogP contribution in [0.5, 0.6) is 0 Å². The van der Waals surface area contributed by atoms with E-state index in [1.807, 2.05) is 48.5 Å². The quantitative estimate of drug-likeness (QED) is 0.299. The van der Waals surface area contributed by atoms with Crippen LogP contribution >= 0.6 is 11.5 Å². The van der Waals surface area contributed by atoms with E-state index >= 15 is 0 Å². The average molecular weight is 473 g/mol. The maximum absolute atomic E-state index is 12.2. The molecule has 0 unspecified atom stereocenters. The molecule has 2 aromatic carbocycles. The van der Waals surface area contributed by atoms with Gasteiger partial charge in [0.15, 0.2) is 5.82 Å². The van der Waals surface area contributed by atoms with Crippen LogP contribution in [0.1, 0.15) is 47.1 Å². The van der Waals surface area contributed by atoms with E-state index in [9.17, 15) is 9.59 Å². The number of aryl methyl sites for hydroxylation is 1. The SMILES string of the molecule is CCCCc1n[nH]c(C(=O)OC)c1Cc1ccc(-c2ccccc2-c2nc(=O)s[nH]2)cc1.[NaH]. The van der Waals surface area contributed by atoms with Gasteiger partial charge in [-0.3, -0.25) is 14.3 Å². The van der Waals surface area contributed by atoms with Crippen molar-refractivity contribution in [3.63, 3.8) is 0 Å². The van der Waals surface area contributed by atoms with Gasteiger partial charge in [0.1, 0.15) is 5.69 Å². The summed E-state index contributed by atoms with van der Waals surface area (Å²) < 4.78 is 7.91. The minimum atomic E-state index is -0.405. The third-order valence-corrected chi connectivity index (χ3v) is 5.94. The van der Waals surface area contributed by atoms with Crippen molar-refractivity contribution in [1.29, 1.82) is 0 Å². The van der Waals surface area contributed by atoms with Crippen molar-refractivity contribution in [1.82, 2.24) is 19.6 Å². The maximum atomic E-state index is 12.2. The number of benzene rings is 2. The molecule has 33 heavy (non-hydrogen) atoms. The van der Waals surface area contributed by atoms with Crippen molar-refractivity contribution in [2.75, 3.05) is 7.11 Å². The zero-order valence-electron chi connectivity index (χ0n) is 18.0. The molecule has 9 heteroatoms. The Hall–Kier alpha value is -2.52. The fraction of sp³-hybridized carbons (Fsp3) is 0.250. The molecule has 4 rings (SSSR count). The first-order chi connectivity index (χ1) is 15.6. The van der Waals surface area contributed by atoms with Gasteiger partial charge in [-0.25, -0.2) is 4.79 Å². The first-order valence-electron chi connectivity index (χ1n) is 10.5. The first kappa shape index (κ1) is 25.1. The van der Waals surface area contributed by atoms with Crippen LogP contribution in [0.25, 0.3) is 22.5 Å². The zero-order chi connectivity index (χ0) is 22.5. The molecule has 0 aliphatic heterocycles. The molecule has 7 nitrogen and oxygen atoms in total. The van der Waals surface area contributed by atoms with E-state index in [0.29, 0.717) is 17.9 Å². The second kappa shape index (κ2) is 11.6. The van der Waals surface area contributed by atoms with Gasteiger partial charge >= 0.3 is 40.4 Å². The van der Waals surface area contributed by atoms with Crippen molar-refractivity contribution in [3.05, 3.63) is 80.7 Å². The number of nitrogens with zero attached hydrogens (tertiary/aromatic N) is 2. The molecule has 0 aliphatic carbocycles. The van der Waals surface area contributed by atoms with E-state index in [2.05, 4.69) is 26.5 Å². The third-order valence-electron chi connectivity index (χ3n) is 5.38. The van der Waals surface area contributed by atoms with Gasteiger partial charge in [-0.15, -0.1) is 0 Å². The summed E-state index contributed by atoms with van der Waals surface area (Å²) in [7, 11) is 1.38. The normalized spacial score (nSPS) is 10.6. The predicted octanol–water partition coefficient (Wildman–Crippen LogP) is 3.96. The molecule has 0 saturated carbocycles. The van der Waals surface area contributed by atoms with Crippen molar-refractivity contribution < 1.29 is 9.53 Å². The van der Waals surface area contributed by atoms with Gasteiger partial charge < -0.3 is 4.74 Å². The molecule has 0 fully saturated rings. The van der Waals surface area contributed by atoms with Gasteiger partial charge in [0, 0.05) is 29.1 Å². The van der Waals surface area contributed by atoms with Crippen LogP contribution in [0, 0.1) is 0 Å². The van der Waals surface area contributed by atoms with E-state index in [-0.39, 0.29) is 34.4 Å². The number of aromatic amines is 2. The van der Waals surface area contributed by atoms with Crippen LogP contribution in [0.4, 0.5) is 0 Å². The average Bonchev–Trinajstić information content (AvgIpc) is 3.44. The minimum absolute atomic E-state index is 0. The molecule has 0 aliphatic rings. The van der Waals surface area contributed by atoms with Crippen molar-refractivity contribution in [3.8, 4) is 22.5 Å². The Kier molecular flexibility index (Phi) is 8.80. The Balaban J connectivity index is 0.00000306. The number of methoxy groups -OCH3 is 1. The van der Waals surface area contributed by atoms with Gasteiger partial charge in [0.2, 0.25) is 0 Å². The molecular weight excluding hydrogens is 447 g/mol. The summed E-state index contributed by atoms with van der Waals surface area (Å²) in [6.07, 6.45) is 3.46. The zero-order valence-corrected chi connectivity index (χ0v) is 18.8. The van der Waals surface area contributed by atoms with Crippen LogP contribution in [0.2, 0.25) is 0 Å². The Morgan fingerprint density at radius 2 is 1.82 bits per heavy atom. The molecule has 0 bridgehead atoms. The second-order valence-corrected chi connectivity index (χ2v) is 8.23. The van der Waals surface area contributed by atoms with Crippen LogP contribution in [-0.2, 0) is 17.6 Å². The van der Waals surface area contributed by atoms with Crippen LogP contribution in [0.15, 0.2) is 53.3 Å². The Morgan fingerprint density at radius 1 is 1.09 bits per heavy atom. The number of ether oxygens (including phenoxy) is 1. The van der Waals surface area contributed by atoms with Gasteiger partial charge in [-0.2, -0.15) is 10.1 Å². The van der Waals surface area contributed by atoms with E-state index in [1.54, 1.807) is 0 Å². The molecule has 2 N–H and O–H groups in total. The Labute approximate surface area is 218 Å². The molecule has 0 radical (unpaired) electrons. The van der Waals surface area contributed by atoms with Gasteiger partial charge in [-0.05, 0) is 29.5 Å². The number of H-pyrrole nitrogens is 2. The fourth-order valence-corrected chi connectivity index (χ4v) is 4.18. The molecule has 0 amide bonds. The van der Waals surface area contributed by atoms with Crippen molar-refractivity contribution in [2.45, 2.75) is 32.6 Å². The number of carbonyl (C=O) groups excluding carboxylic acids is 1. The van der Waals surface area contributed by atoms with Gasteiger partial charge in [0.25, 0.3) is 0 Å². The summed E-state index contributed by atoms with van der Waals surface area (Å²) in [5.74, 6) is 0.166. The fourth-order valence-electron chi connectivity index (χ4n) is 3.71. The van der Waals surface area contributed by atoms with Crippen molar-refractivity contribution >= 4 is 47.1 Å². The third kappa shape index (κ3) is 5.70. The number of unbranched alkanes of at least 4 members (excludes halogenated alkanes) is 1. The number of hydrogen-bond acceptors (Lipinski definition) is 6. The number of esters is 1. The molecule has 0 atom stereocenters. The standard InChI is InChI=1S/C24H24N4O3S.Na.H/c1-3-4-9-20-19(21(27-26-20)23(29)31-2)14-15-10-12-16(13-11-15)17-7-5-6-8-18(17)22-25-24(30)32-28-22;;/h5-8,10-13H,3-4,9,14H2,1-2H3,(H,26,27)(H,25,28,30);;. The van der Waals surface area contributed by atoms with Crippen LogP contribution in [0.3, 0.4) is 0 Å². The van der Waals surface area contributed by atoms with E-state index in [1.165, 1.54) is 7.11 Å². The molecular formula is C24H25N4NaO3S. The van der Waals surface area contributed by atoms with E-state index < -0.39 is 5.97 Å². The number of carbonyl (C=O) groups is 1. The second-order valence-electron chi connectivity index (χ2n) is 7.47. The topological polar surface area (TPSA) is 101 Å². The summed E-state index contributed by atoms with van der Waals surface area (Å²) >= 11 is 0.982. The number of hydrogen-bond donors (Lipinski definition) is 2. The molecule has 4 aromatic rings. The summed E-state index contributed by atoms with van der Waals surface area (Å²) in [5, 5.41) is 7.23. The molecule has 0 spiro atoms. The van der Waals surface area contributed by atoms with E-state index in [0.717, 1.165) is 64.3 Å². The Bertz CT molecular complexity index is 1280. The number of aromatic nitrogens is 4. The first-order valence-corrected chi connectivity index (χ1v) is 11.3. The van der Waals surface area contributed by atoms with Crippen LogP contribution in [-0.4, -0.2) is 62.2 Å². The number of rotatable bonds is 8. The van der Waals surface area contributed by atoms with E-state index in [4.69, 9.17) is 4.74 Å². The molecule has 0 saturated heterocycles.